The molecule has 0 aliphatic carbocycles. The first-order chi connectivity index (χ1) is 10.9. The first kappa shape index (κ1) is 17.3. The molecular formula is C18H25NO4. The Bertz CT molecular complexity index is 609. The van der Waals surface area contributed by atoms with E-state index in [9.17, 15) is 9.90 Å². The van der Waals surface area contributed by atoms with Crippen molar-refractivity contribution in [2.24, 2.45) is 5.92 Å². The molecule has 0 saturated heterocycles. The third-order valence-electron chi connectivity index (χ3n) is 3.66. The third-order valence-corrected chi connectivity index (χ3v) is 3.66. The lowest BCUT2D eigenvalue weighted by Gasteiger charge is -2.37. The smallest absolute Gasteiger partial charge is 0.268 e. The molecule has 1 aromatic rings. The topological polar surface area (TPSA) is 59.0 Å². The van der Waals surface area contributed by atoms with Gasteiger partial charge in [-0.15, -0.1) is 0 Å². The van der Waals surface area contributed by atoms with Crippen LogP contribution in [0.25, 0.3) is 0 Å². The number of carbonyl (C=O) groups is 1. The summed E-state index contributed by atoms with van der Waals surface area (Å²) >= 11 is 0. The van der Waals surface area contributed by atoms with Gasteiger partial charge in [0.2, 0.25) is 0 Å². The number of carbonyl (C=O) groups excluding carboxylic acids is 1. The molecule has 1 atom stereocenters. The molecule has 1 N–H and O–H groups in total. The summed E-state index contributed by atoms with van der Waals surface area (Å²) in [6.07, 6.45) is -0.555. The van der Waals surface area contributed by atoms with Gasteiger partial charge in [-0.3, -0.25) is 4.79 Å². The van der Waals surface area contributed by atoms with Crippen molar-refractivity contribution in [2.75, 3.05) is 18.1 Å². The maximum Gasteiger partial charge on any atom is 0.268 e. The van der Waals surface area contributed by atoms with Crippen LogP contribution in [0.4, 0.5) is 5.69 Å². The molecule has 1 aromatic carbocycles. The highest BCUT2D eigenvalue weighted by atomic mass is 16.5. The number of hydrogen-bond acceptors (Lipinski definition) is 4. The van der Waals surface area contributed by atoms with E-state index in [1.807, 2.05) is 27.7 Å². The van der Waals surface area contributed by atoms with Crippen molar-refractivity contribution in [1.29, 1.82) is 0 Å². The standard InChI is InChI=1S/C18H25NO4/c1-6-22-15-8-13(10-20)7-14-17(15)23-16(12(4)5)18(21)19(14)9-11(2)3/h7-8,12,16,20H,2,6,9-10H2,1,3-5H3. The predicted octanol–water partition coefficient (Wildman–Crippen LogP) is 2.90. The van der Waals surface area contributed by atoms with Crippen LogP contribution in [0.2, 0.25) is 0 Å². The maximum atomic E-state index is 12.8. The summed E-state index contributed by atoms with van der Waals surface area (Å²) in [6, 6.07) is 3.53. The minimum atomic E-state index is -0.555. The summed E-state index contributed by atoms with van der Waals surface area (Å²) in [5.74, 6) is 1.06. The van der Waals surface area contributed by atoms with E-state index < -0.39 is 6.10 Å². The number of rotatable bonds is 6. The van der Waals surface area contributed by atoms with Gasteiger partial charge < -0.3 is 19.5 Å². The fourth-order valence-corrected chi connectivity index (χ4v) is 2.62. The minimum Gasteiger partial charge on any atom is -0.490 e. The molecule has 0 radical (unpaired) electrons. The van der Waals surface area contributed by atoms with Crippen LogP contribution < -0.4 is 14.4 Å². The number of hydrogen-bond donors (Lipinski definition) is 1. The number of anilines is 1. The largest absolute Gasteiger partial charge is 0.490 e. The monoisotopic (exact) mass is 319 g/mol. The average Bonchev–Trinajstić information content (AvgIpc) is 2.49. The molecule has 1 unspecified atom stereocenters. The van der Waals surface area contributed by atoms with E-state index in [1.54, 1.807) is 17.0 Å². The van der Waals surface area contributed by atoms with Crippen molar-refractivity contribution in [1.82, 2.24) is 0 Å². The molecular weight excluding hydrogens is 294 g/mol. The Labute approximate surface area is 137 Å². The molecule has 1 aliphatic rings. The minimum absolute atomic E-state index is 0.0373. The Kier molecular flexibility index (Phi) is 5.31. The molecule has 0 spiro atoms. The zero-order valence-corrected chi connectivity index (χ0v) is 14.3. The van der Waals surface area contributed by atoms with E-state index >= 15 is 0 Å². The summed E-state index contributed by atoms with van der Waals surface area (Å²) in [4.78, 5) is 14.5. The van der Waals surface area contributed by atoms with Gasteiger partial charge in [0.05, 0.1) is 18.9 Å². The van der Waals surface area contributed by atoms with Crippen LogP contribution in [0, 0.1) is 5.92 Å². The van der Waals surface area contributed by atoms with Crippen molar-refractivity contribution in [3.63, 3.8) is 0 Å². The van der Waals surface area contributed by atoms with Gasteiger partial charge in [0.1, 0.15) is 0 Å². The van der Waals surface area contributed by atoms with Crippen LogP contribution in [-0.4, -0.2) is 30.3 Å². The SMILES string of the molecule is C=C(C)CN1C(=O)C(C(C)C)Oc2c(OCC)cc(CO)cc21. The van der Waals surface area contributed by atoms with Crippen LogP contribution in [0.5, 0.6) is 11.5 Å². The molecule has 1 amide bonds. The van der Waals surface area contributed by atoms with Crippen molar-refractivity contribution >= 4 is 11.6 Å². The number of ether oxygens (including phenoxy) is 2. The summed E-state index contributed by atoms with van der Waals surface area (Å²) in [5, 5.41) is 9.49. The lowest BCUT2D eigenvalue weighted by molar-refractivity contribution is -0.128. The van der Waals surface area contributed by atoms with Gasteiger partial charge in [-0.25, -0.2) is 0 Å². The maximum absolute atomic E-state index is 12.8. The highest BCUT2D eigenvalue weighted by Crippen LogP contribution is 2.44. The second-order valence-electron chi connectivity index (χ2n) is 6.20. The highest BCUT2D eigenvalue weighted by Gasteiger charge is 2.38. The molecule has 2 rings (SSSR count). The molecule has 5 heteroatoms. The van der Waals surface area contributed by atoms with Gasteiger partial charge >= 0.3 is 0 Å². The lowest BCUT2D eigenvalue weighted by Crippen LogP contribution is -2.49. The van der Waals surface area contributed by atoms with Crippen LogP contribution in [0.3, 0.4) is 0 Å². The van der Waals surface area contributed by atoms with Gasteiger partial charge in [0.15, 0.2) is 17.6 Å². The fraction of sp³-hybridized carbons (Fsp3) is 0.500. The van der Waals surface area contributed by atoms with Gasteiger partial charge in [0, 0.05) is 6.54 Å². The number of benzene rings is 1. The highest BCUT2D eigenvalue weighted by molar-refractivity contribution is 6.01. The van der Waals surface area contributed by atoms with Crippen LogP contribution >= 0.6 is 0 Å². The van der Waals surface area contributed by atoms with Crippen LogP contribution in [-0.2, 0) is 11.4 Å². The number of fused-ring (bicyclic) bond motifs is 1. The Morgan fingerprint density at radius 1 is 1.48 bits per heavy atom. The summed E-state index contributed by atoms with van der Waals surface area (Å²) in [6.45, 7) is 12.4. The fourth-order valence-electron chi connectivity index (χ4n) is 2.62. The lowest BCUT2D eigenvalue weighted by atomic mass is 10.0. The van der Waals surface area contributed by atoms with Crippen molar-refractivity contribution in [3.05, 3.63) is 29.8 Å². The molecule has 1 aliphatic heterocycles. The van der Waals surface area contributed by atoms with E-state index in [4.69, 9.17) is 9.47 Å². The van der Waals surface area contributed by atoms with Crippen molar-refractivity contribution in [3.8, 4) is 11.5 Å². The third kappa shape index (κ3) is 3.50. The zero-order valence-electron chi connectivity index (χ0n) is 14.3. The van der Waals surface area contributed by atoms with E-state index in [2.05, 4.69) is 6.58 Å². The molecule has 5 nitrogen and oxygen atoms in total. The molecule has 126 valence electrons. The molecule has 0 saturated carbocycles. The second-order valence-corrected chi connectivity index (χ2v) is 6.20. The number of aliphatic hydroxyl groups excluding tert-OH is 1. The first-order valence-corrected chi connectivity index (χ1v) is 7.92. The number of aliphatic hydroxyl groups is 1. The zero-order chi connectivity index (χ0) is 17.1. The number of amides is 1. The Morgan fingerprint density at radius 3 is 2.70 bits per heavy atom. The summed E-state index contributed by atoms with van der Waals surface area (Å²) in [5.41, 5.74) is 2.18. The van der Waals surface area contributed by atoms with E-state index in [1.165, 1.54) is 0 Å². The normalized spacial score (nSPS) is 17.0. The van der Waals surface area contributed by atoms with Crippen molar-refractivity contribution in [2.45, 2.75) is 40.4 Å². The van der Waals surface area contributed by atoms with E-state index in [-0.39, 0.29) is 18.4 Å². The molecule has 0 bridgehead atoms. The van der Waals surface area contributed by atoms with Crippen LogP contribution in [0.1, 0.15) is 33.3 Å². The quantitative estimate of drug-likeness (QED) is 0.819. The van der Waals surface area contributed by atoms with Gasteiger partial charge in [-0.2, -0.15) is 0 Å². The van der Waals surface area contributed by atoms with Crippen LogP contribution in [0.15, 0.2) is 24.3 Å². The molecule has 0 fully saturated rings. The molecule has 1 heterocycles. The molecule has 0 aromatic heterocycles. The Balaban J connectivity index is 2.59. The Morgan fingerprint density at radius 2 is 2.17 bits per heavy atom. The first-order valence-electron chi connectivity index (χ1n) is 7.92. The van der Waals surface area contributed by atoms with E-state index in [0.717, 1.165) is 5.57 Å². The predicted molar refractivity (Wildman–Crippen MR) is 90.0 cm³/mol. The Hall–Kier alpha value is -2.01. The van der Waals surface area contributed by atoms with Crippen molar-refractivity contribution < 1.29 is 19.4 Å². The van der Waals surface area contributed by atoms with Gasteiger partial charge in [-0.05, 0) is 37.5 Å². The van der Waals surface area contributed by atoms with E-state index in [0.29, 0.717) is 35.9 Å². The van der Waals surface area contributed by atoms with Gasteiger partial charge in [-0.1, -0.05) is 26.0 Å². The second kappa shape index (κ2) is 7.04. The molecule has 23 heavy (non-hydrogen) atoms. The average molecular weight is 319 g/mol. The summed E-state index contributed by atoms with van der Waals surface area (Å²) in [7, 11) is 0. The van der Waals surface area contributed by atoms with Gasteiger partial charge in [0.25, 0.3) is 5.91 Å². The number of nitrogens with zero attached hydrogens (tertiary/aromatic N) is 1. The summed E-state index contributed by atoms with van der Waals surface area (Å²) < 4.78 is 11.6.